The predicted octanol–water partition coefficient (Wildman–Crippen LogP) is 1.80. The minimum atomic E-state index is -2.64. The average molecular weight is 383 g/mol. The van der Waals surface area contributed by atoms with E-state index in [1.165, 1.54) is 0 Å². The van der Waals surface area contributed by atoms with Gasteiger partial charge in [0, 0.05) is 51.3 Å². The molecular formula is C19H27F2N3O3. The summed E-state index contributed by atoms with van der Waals surface area (Å²) in [5.74, 6) is -3.11. The summed E-state index contributed by atoms with van der Waals surface area (Å²) in [6.45, 7) is 5.98. The lowest BCUT2D eigenvalue weighted by atomic mass is 9.92. The lowest BCUT2D eigenvalue weighted by molar-refractivity contribution is -0.0399. The van der Waals surface area contributed by atoms with E-state index in [0.29, 0.717) is 31.9 Å². The molecule has 1 aliphatic heterocycles. The maximum atomic E-state index is 13.3. The molecule has 1 N–H and O–H groups in total. The van der Waals surface area contributed by atoms with Crippen LogP contribution >= 0.6 is 0 Å². The smallest absolute Gasteiger partial charge is 0.263 e. The zero-order chi connectivity index (χ0) is 19.4. The normalized spacial score (nSPS) is 21.1. The van der Waals surface area contributed by atoms with Gasteiger partial charge in [-0.3, -0.25) is 14.5 Å². The van der Waals surface area contributed by atoms with Crippen LogP contribution in [0.15, 0.2) is 17.1 Å². The summed E-state index contributed by atoms with van der Waals surface area (Å²) < 4.78 is 33.4. The number of nitrogens with zero attached hydrogens (tertiary/aromatic N) is 2. The Balaban J connectivity index is 1.65. The Bertz CT molecular complexity index is 719. The van der Waals surface area contributed by atoms with Crippen molar-refractivity contribution in [2.24, 2.45) is 0 Å². The summed E-state index contributed by atoms with van der Waals surface area (Å²) in [4.78, 5) is 27.6. The number of carbonyl (C=O) groups excluding carboxylic acids is 1. The summed E-state index contributed by atoms with van der Waals surface area (Å²) in [6.07, 6.45) is 1.72. The number of amides is 1. The monoisotopic (exact) mass is 383 g/mol. The number of aromatic nitrogens is 1. The van der Waals surface area contributed by atoms with Crippen LogP contribution in [0.2, 0.25) is 0 Å². The van der Waals surface area contributed by atoms with Crippen LogP contribution in [0, 0.1) is 6.92 Å². The molecule has 6 nitrogen and oxygen atoms in total. The van der Waals surface area contributed by atoms with Gasteiger partial charge in [0.1, 0.15) is 5.56 Å². The number of aryl methyl sites for hydroxylation is 1. The molecule has 0 unspecified atom stereocenters. The zero-order valence-corrected chi connectivity index (χ0v) is 15.7. The highest BCUT2D eigenvalue weighted by Gasteiger charge is 2.35. The van der Waals surface area contributed by atoms with Crippen molar-refractivity contribution < 1.29 is 18.3 Å². The summed E-state index contributed by atoms with van der Waals surface area (Å²) in [5, 5.41) is 2.77. The molecule has 150 valence electrons. The van der Waals surface area contributed by atoms with Crippen LogP contribution in [0.5, 0.6) is 0 Å². The van der Waals surface area contributed by atoms with E-state index in [-0.39, 0.29) is 42.8 Å². The molecule has 2 heterocycles. The number of hydrogen-bond acceptors (Lipinski definition) is 4. The SMILES string of the molecule is Cc1ccn(CCN2CCOCC2)c(=O)c1C(=O)NC1CCC(F)(F)CC1. The Morgan fingerprint density at radius 2 is 1.93 bits per heavy atom. The first-order chi connectivity index (χ1) is 12.9. The second-order valence-electron chi connectivity index (χ2n) is 7.43. The van der Waals surface area contributed by atoms with Crippen LogP contribution in [-0.4, -0.2) is 60.2 Å². The van der Waals surface area contributed by atoms with E-state index in [1.807, 2.05) is 0 Å². The number of ether oxygens (including phenoxy) is 1. The fourth-order valence-corrected chi connectivity index (χ4v) is 3.63. The first-order valence-corrected chi connectivity index (χ1v) is 9.54. The number of carbonyl (C=O) groups is 1. The molecule has 1 aromatic heterocycles. The Morgan fingerprint density at radius 1 is 1.26 bits per heavy atom. The number of rotatable bonds is 5. The lowest BCUT2D eigenvalue weighted by Gasteiger charge is -2.29. The Hall–Kier alpha value is -1.80. The fraction of sp³-hybridized carbons (Fsp3) is 0.684. The molecule has 2 aliphatic rings. The number of hydrogen-bond donors (Lipinski definition) is 1. The minimum Gasteiger partial charge on any atom is -0.379 e. The van der Waals surface area contributed by atoms with Crippen molar-refractivity contribution in [2.45, 2.75) is 51.1 Å². The molecular weight excluding hydrogens is 356 g/mol. The average Bonchev–Trinajstić information content (AvgIpc) is 2.64. The third-order valence-corrected chi connectivity index (χ3v) is 5.41. The largest absolute Gasteiger partial charge is 0.379 e. The number of nitrogens with one attached hydrogen (secondary N) is 1. The molecule has 0 atom stereocenters. The van der Waals surface area contributed by atoms with E-state index in [1.54, 1.807) is 23.8 Å². The highest BCUT2D eigenvalue weighted by molar-refractivity contribution is 5.95. The van der Waals surface area contributed by atoms with Crippen molar-refractivity contribution in [1.29, 1.82) is 0 Å². The summed E-state index contributed by atoms with van der Waals surface area (Å²) in [6, 6.07) is 1.45. The number of pyridine rings is 1. The Labute approximate surface area is 157 Å². The maximum Gasteiger partial charge on any atom is 0.263 e. The van der Waals surface area contributed by atoms with E-state index in [4.69, 9.17) is 4.74 Å². The summed E-state index contributed by atoms with van der Waals surface area (Å²) in [5.41, 5.74) is 0.375. The van der Waals surface area contributed by atoms with Crippen molar-refractivity contribution >= 4 is 5.91 Å². The third-order valence-electron chi connectivity index (χ3n) is 5.41. The van der Waals surface area contributed by atoms with Crippen LogP contribution in [0.4, 0.5) is 8.78 Å². The van der Waals surface area contributed by atoms with Crippen LogP contribution in [-0.2, 0) is 11.3 Å². The molecule has 2 fully saturated rings. The molecule has 0 radical (unpaired) electrons. The minimum absolute atomic E-state index is 0.108. The van der Waals surface area contributed by atoms with Gasteiger partial charge in [0.15, 0.2) is 0 Å². The highest BCUT2D eigenvalue weighted by atomic mass is 19.3. The van der Waals surface area contributed by atoms with E-state index in [2.05, 4.69) is 10.2 Å². The first-order valence-electron chi connectivity index (χ1n) is 9.54. The van der Waals surface area contributed by atoms with Crippen LogP contribution in [0.3, 0.4) is 0 Å². The van der Waals surface area contributed by atoms with Gasteiger partial charge in [-0.25, -0.2) is 8.78 Å². The van der Waals surface area contributed by atoms with Crippen molar-refractivity contribution in [1.82, 2.24) is 14.8 Å². The van der Waals surface area contributed by atoms with Crippen molar-refractivity contribution in [3.05, 3.63) is 33.7 Å². The molecule has 1 aromatic rings. The summed E-state index contributed by atoms with van der Waals surface area (Å²) >= 11 is 0. The predicted molar refractivity (Wildman–Crippen MR) is 97.4 cm³/mol. The number of morpholine rings is 1. The van der Waals surface area contributed by atoms with Gasteiger partial charge >= 0.3 is 0 Å². The van der Waals surface area contributed by atoms with E-state index in [0.717, 1.165) is 13.1 Å². The number of halogens is 2. The standard InChI is InChI=1S/C19H27F2N3O3/c1-14-4-7-24(9-8-23-10-12-27-13-11-23)18(26)16(14)17(25)22-15-2-5-19(20,21)6-3-15/h4,7,15H,2-3,5-6,8-13H2,1H3,(H,22,25). The Kier molecular flexibility index (Phi) is 6.26. The van der Waals surface area contributed by atoms with Gasteiger partial charge in [-0.2, -0.15) is 0 Å². The van der Waals surface area contributed by atoms with Gasteiger partial charge < -0.3 is 14.6 Å². The van der Waals surface area contributed by atoms with Crippen LogP contribution in [0.25, 0.3) is 0 Å². The van der Waals surface area contributed by atoms with E-state index in [9.17, 15) is 18.4 Å². The van der Waals surface area contributed by atoms with Crippen molar-refractivity contribution in [2.75, 3.05) is 32.8 Å². The van der Waals surface area contributed by atoms with Gasteiger partial charge in [0.2, 0.25) is 5.92 Å². The van der Waals surface area contributed by atoms with Gasteiger partial charge in [0.05, 0.1) is 13.2 Å². The molecule has 1 amide bonds. The van der Waals surface area contributed by atoms with Gasteiger partial charge in [-0.05, 0) is 31.4 Å². The van der Waals surface area contributed by atoms with Gasteiger partial charge in [-0.1, -0.05) is 0 Å². The van der Waals surface area contributed by atoms with E-state index < -0.39 is 11.8 Å². The highest BCUT2D eigenvalue weighted by Crippen LogP contribution is 2.33. The Morgan fingerprint density at radius 3 is 2.59 bits per heavy atom. The van der Waals surface area contributed by atoms with Crippen molar-refractivity contribution in [3.63, 3.8) is 0 Å². The molecule has 0 spiro atoms. The topological polar surface area (TPSA) is 63.6 Å². The fourth-order valence-electron chi connectivity index (χ4n) is 3.63. The van der Waals surface area contributed by atoms with Crippen LogP contribution in [0.1, 0.15) is 41.6 Å². The molecule has 1 saturated heterocycles. The quantitative estimate of drug-likeness (QED) is 0.842. The zero-order valence-electron chi connectivity index (χ0n) is 15.7. The van der Waals surface area contributed by atoms with Gasteiger partial charge in [-0.15, -0.1) is 0 Å². The maximum absolute atomic E-state index is 13.3. The summed E-state index contributed by atoms with van der Waals surface area (Å²) in [7, 11) is 0. The van der Waals surface area contributed by atoms with Crippen molar-refractivity contribution in [3.8, 4) is 0 Å². The molecule has 1 saturated carbocycles. The molecule has 0 aromatic carbocycles. The van der Waals surface area contributed by atoms with Gasteiger partial charge in [0.25, 0.3) is 11.5 Å². The molecule has 27 heavy (non-hydrogen) atoms. The lowest BCUT2D eigenvalue weighted by Crippen LogP contribution is -2.43. The number of alkyl halides is 2. The molecule has 0 bridgehead atoms. The third kappa shape index (κ3) is 5.13. The second kappa shape index (κ2) is 8.48. The molecule has 3 rings (SSSR count). The second-order valence-corrected chi connectivity index (χ2v) is 7.43. The van der Waals surface area contributed by atoms with E-state index >= 15 is 0 Å². The molecule has 1 aliphatic carbocycles. The first kappa shape index (κ1) is 19.9. The molecule has 8 heteroatoms. The van der Waals surface area contributed by atoms with Crippen LogP contribution < -0.4 is 10.9 Å².